The fourth-order valence-electron chi connectivity index (χ4n) is 9.44. The minimum absolute atomic E-state index is 0.107. The second-order valence-corrected chi connectivity index (χ2v) is 16.7. The molecule has 1 aromatic heterocycles. The summed E-state index contributed by atoms with van der Waals surface area (Å²) in [7, 11) is 0. The maximum atomic E-state index is 9.56. The minimum Gasteiger partial charge on any atom is -0.310 e. The molecule has 0 radical (unpaired) electrons. The van der Waals surface area contributed by atoms with Crippen LogP contribution in [0.1, 0.15) is 5.48 Å². The first-order valence-corrected chi connectivity index (χ1v) is 22.6. The van der Waals surface area contributed by atoms with Gasteiger partial charge in [0.25, 0.3) is 0 Å². The second kappa shape index (κ2) is 17.2. The molecular formula is C64H45N3. The fourth-order valence-corrected chi connectivity index (χ4v) is 9.44. The Labute approximate surface area is 396 Å². The Hall–Kier alpha value is -8.92. The van der Waals surface area contributed by atoms with Crippen molar-refractivity contribution < 1.29 is 5.48 Å². The third-order valence-corrected chi connectivity index (χ3v) is 12.6. The van der Waals surface area contributed by atoms with Crippen LogP contribution in [0.25, 0.3) is 71.6 Å². The van der Waals surface area contributed by atoms with Crippen LogP contribution in [0.15, 0.2) is 273 Å². The van der Waals surface area contributed by atoms with Crippen LogP contribution in [0, 0.1) is 0 Å². The average Bonchev–Trinajstić information content (AvgIpc) is 3.76. The molecule has 0 fully saturated rings. The molecule has 0 N–H and O–H groups in total. The summed E-state index contributed by atoms with van der Waals surface area (Å²) >= 11 is 0. The van der Waals surface area contributed by atoms with E-state index in [9.17, 15) is 5.48 Å². The van der Waals surface area contributed by atoms with Crippen LogP contribution < -0.4 is 9.80 Å². The standard InChI is InChI=1S/C64H45N3/c1-5-18-46(19-6-1)49-22-17-27-56(43-49)65(53-23-9-3-10-24-53)55-37-34-47(35-38-55)50-32-33-52-44-57(39-36-51(52)42-50)66(62-30-15-13-28-59(62)48-20-7-2-8-21-48)58-40-41-61-60-29-14-16-31-63(60)67(64(61)45-58)54-25-11-4-12-26-54/h1-45H/i34D,35D,37D,38D. The Morgan fingerprint density at radius 3 is 1.64 bits per heavy atom. The Bertz CT molecular complexity index is 3900. The van der Waals surface area contributed by atoms with E-state index in [2.05, 4.69) is 155 Å². The first-order valence-electron chi connectivity index (χ1n) is 24.6. The number of benzene rings is 11. The van der Waals surface area contributed by atoms with Crippen LogP contribution in [-0.4, -0.2) is 4.57 Å². The maximum Gasteiger partial charge on any atom is 0.0645 e. The van der Waals surface area contributed by atoms with E-state index in [0.717, 1.165) is 78.2 Å². The zero-order valence-corrected chi connectivity index (χ0v) is 36.5. The Balaban J connectivity index is 0.985. The Kier molecular flexibility index (Phi) is 9.11. The summed E-state index contributed by atoms with van der Waals surface area (Å²) in [5.41, 5.74) is 13.0. The van der Waals surface area contributed by atoms with Crippen molar-refractivity contribution in [2.45, 2.75) is 0 Å². The van der Waals surface area contributed by atoms with Crippen molar-refractivity contribution in [3.63, 3.8) is 0 Å². The lowest BCUT2D eigenvalue weighted by Gasteiger charge is -2.28. The van der Waals surface area contributed by atoms with Crippen LogP contribution in [0.5, 0.6) is 0 Å². The van der Waals surface area contributed by atoms with Gasteiger partial charge in [-0.2, -0.15) is 0 Å². The lowest BCUT2D eigenvalue weighted by Crippen LogP contribution is -2.11. The van der Waals surface area contributed by atoms with Crippen LogP contribution >= 0.6 is 0 Å². The van der Waals surface area contributed by atoms with Crippen LogP contribution in [0.2, 0.25) is 0 Å². The van der Waals surface area contributed by atoms with Gasteiger partial charge >= 0.3 is 0 Å². The number of hydrogen-bond acceptors (Lipinski definition) is 2. The van der Waals surface area contributed by atoms with Crippen molar-refractivity contribution in [1.29, 1.82) is 0 Å². The van der Waals surface area contributed by atoms with Crippen molar-refractivity contribution in [2.24, 2.45) is 0 Å². The Morgan fingerprint density at radius 2 is 0.851 bits per heavy atom. The zero-order valence-electron chi connectivity index (χ0n) is 40.5. The van der Waals surface area contributed by atoms with Crippen molar-refractivity contribution in [3.05, 3.63) is 273 Å². The van der Waals surface area contributed by atoms with Gasteiger partial charge in [-0.15, -0.1) is 0 Å². The summed E-state index contributed by atoms with van der Waals surface area (Å²) in [6.45, 7) is 0. The van der Waals surface area contributed by atoms with E-state index in [-0.39, 0.29) is 35.4 Å². The van der Waals surface area contributed by atoms with Crippen LogP contribution in [-0.2, 0) is 0 Å². The third-order valence-electron chi connectivity index (χ3n) is 12.6. The zero-order chi connectivity index (χ0) is 48.0. The smallest absolute Gasteiger partial charge is 0.0645 e. The molecule has 3 heteroatoms. The molecule has 11 aromatic carbocycles. The number of anilines is 6. The lowest BCUT2D eigenvalue weighted by molar-refractivity contribution is 1.18. The highest BCUT2D eigenvalue weighted by atomic mass is 15.2. The van der Waals surface area contributed by atoms with E-state index < -0.39 is 0 Å². The number of nitrogens with zero attached hydrogens (tertiary/aromatic N) is 3. The summed E-state index contributed by atoms with van der Waals surface area (Å²) in [5.74, 6) is 0. The predicted octanol–water partition coefficient (Wildman–Crippen LogP) is 17.9. The topological polar surface area (TPSA) is 11.4 Å². The molecule has 0 aliphatic carbocycles. The third kappa shape index (κ3) is 7.49. The molecule has 0 unspecified atom stereocenters. The number of aromatic nitrogens is 1. The molecule has 12 rings (SSSR count). The van der Waals surface area contributed by atoms with Gasteiger partial charge in [0, 0.05) is 50.5 Å². The SMILES string of the molecule is [2H]c1c([2H])c(N(c2ccccc2)c2cccc(-c3ccccc3)c2)c([2H])c([2H])c1-c1ccc2cc(N(c3ccc4c5ccccc5n(-c5ccccc5)c4c3)c3ccccc3-c3ccccc3)ccc2c1. The molecule has 0 aliphatic rings. The van der Waals surface area contributed by atoms with Gasteiger partial charge in [0.2, 0.25) is 0 Å². The highest BCUT2D eigenvalue weighted by Crippen LogP contribution is 2.44. The van der Waals surface area contributed by atoms with E-state index in [1.807, 2.05) is 108 Å². The lowest BCUT2D eigenvalue weighted by atomic mass is 9.99. The number of hydrogen-bond donors (Lipinski definition) is 0. The molecular weight excluding hydrogens is 811 g/mol. The number of rotatable bonds is 10. The summed E-state index contributed by atoms with van der Waals surface area (Å²) < 4.78 is 40.5. The first kappa shape index (κ1) is 35.4. The molecule has 0 aliphatic heterocycles. The van der Waals surface area contributed by atoms with Gasteiger partial charge in [-0.25, -0.2) is 0 Å². The number of para-hydroxylation sites is 4. The van der Waals surface area contributed by atoms with Crippen LogP contribution in [0.3, 0.4) is 0 Å². The highest BCUT2D eigenvalue weighted by molar-refractivity contribution is 6.10. The molecule has 67 heavy (non-hydrogen) atoms. The normalized spacial score (nSPS) is 12.1. The Morgan fingerprint density at radius 1 is 0.299 bits per heavy atom. The van der Waals surface area contributed by atoms with E-state index in [1.54, 1.807) is 0 Å². The van der Waals surface area contributed by atoms with Gasteiger partial charge in [0.15, 0.2) is 0 Å². The van der Waals surface area contributed by atoms with Crippen molar-refractivity contribution >= 4 is 66.7 Å². The summed E-state index contributed by atoms with van der Waals surface area (Å²) in [6.07, 6.45) is 0. The maximum absolute atomic E-state index is 9.56. The molecule has 0 spiro atoms. The van der Waals surface area contributed by atoms with Gasteiger partial charge in [0.1, 0.15) is 0 Å². The van der Waals surface area contributed by atoms with E-state index in [1.165, 1.54) is 10.8 Å². The van der Waals surface area contributed by atoms with E-state index in [4.69, 9.17) is 0 Å². The van der Waals surface area contributed by atoms with Crippen molar-refractivity contribution in [2.75, 3.05) is 9.80 Å². The highest BCUT2D eigenvalue weighted by Gasteiger charge is 2.21. The second-order valence-electron chi connectivity index (χ2n) is 16.7. The predicted molar refractivity (Wildman–Crippen MR) is 284 cm³/mol. The molecule has 0 saturated heterocycles. The molecule has 0 saturated carbocycles. The minimum atomic E-state index is -0.124. The molecule has 0 atom stereocenters. The van der Waals surface area contributed by atoms with E-state index in [0.29, 0.717) is 5.56 Å². The van der Waals surface area contributed by atoms with Gasteiger partial charge in [-0.3, -0.25) is 0 Å². The summed E-state index contributed by atoms with van der Waals surface area (Å²) in [6, 6.07) is 84.4. The molecule has 3 nitrogen and oxygen atoms in total. The van der Waals surface area contributed by atoms with Gasteiger partial charge < -0.3 is 14.4 Å². The van der Waals surface area contributed by atoms with Crippen molar-refractivity contribution in [1.82, 2.24) is 4.57 Å². The van der Waals surface area contributed by atoms with Crippen molar-refractivity contribution in [3.8, 4) is 39.1 Å². The fraction of sp³-hybridized carbons (Fsp3) is 0. The van der Waals surface area contributed by atoms with Crippen LogP contribution in [0.4, 0.5) is 34.1 Å². The quantitative estimate of drug-likeness (QED) is 0.136. The van der Waals surface area contributed by atoms with Gasteiger partial charge in [-0.05, 0) is 130 Å². The molecule has 0 amide bonds. The average molecular weight is 860 g/mol. The first-order chi connectivity index (χ1) is 34.9. The molecule has 0 bridgehead atoms. The molecule has 316 valence electrons. The monoisotopic (exact) mass is 859 g/mol. The summed E-state index contributed by atoms with van der Waals surface area (Å²) in [5, 5.41) is 4.23. The van der Waals surface area contributed by atoms with E-state index >= 15 is 0 Å². The molecule has 1 heterocycles. The summed E-state index contributed by atoms with van der Waals surface area (Å²) in [4.78, 5) is 4.16. The number of fused-ring (bicyclic) bond motifs is 4. The van der Waals surface area contributed by atoms with Gasteiger partial charge in [-0.1, -0.05) is 182 Å². The molecule has 12 aromatic rings. The largest absolute Gasteiger partial charge is 0.310 e. The van der Waals surface area contributed by atoms with Gasteiger partial charge in [0.05, 0.1) is 22.2 Å².